The van der Waals surface area contributed by atoms with E-state index in [1.54, 1.807) is 62.6 Å². The van der Waals surface area contributed by atoms with Gasteiger partial charge in [0.2, 0.25) is 12.7 Å². The van der Waals surface area contributed by atoms with E-state index in [2.05, 4.69) is 16.0 Å². The lowest BCUT2D eigenvalue weighted by Gasteiger charge is -2.22. The van der Waals surface area contributed by atoms with E-state index in [4.69, 9.17) is 0 Å². The van der Waals surface area contributed by atoms with Crippen molar-refractivity contribution in [2.75, 3.05) is 37.1 Å². The summed E-state index contributed by atoms with van der Waals surface area (Å²) in [5, 5.41) is 10.3. The number of hydrogen-bond donors (Lipinski definition) is 3. The lowest BCUT2D eigenvalue weighted by molar-refractivity contribution is 0.107. The minimum Gasteiger partial charge on any atom is -0.388 e. The van der Waals surface area contributed by atoms with Gasteiger partial charge >= 0.3 is 0 Å². The molecule has 0 saturated carbocycles. The third kappa shape index (κ3) is 3.41. The van der Waals surface area contributed by atoms with Crippen LogP contribution in [-0.4, -0.2) is 26.7 Å². The van der Waals surface area contributed by atoms with Crippen LogP contribution < -0.4 is 26.6 Å². The Balaban J connectivity index is 2.29. The number of hydrogen-bond acceptors (Lipinski definition) is 5. The van der Waals surface area contributed by atoms with Gasteiger partial charge in [0.15, 0.2) is 0 Å². The monoisotopic (exact) mass is 393 g/mol. The fourth-order valence-corrected chi connectivity index (χ4v) is 5.73. The molecular weight excluding hydrogens is 369 g/mol. The maximum atomic E-state index is 14.4. The Kier molecular flexibility index (Phi) is 5.86. The van der Waals surface area contributed by atoms with Gasteiger partial charge in [-0.3, -0.25) is 4.79 Å². The Morgan fingerprint density at radius 3 is 1.50 bits per heavy atom. The first-order valence-electron chi connectivity index (χ1n) is 9.03. The molecule has 0 atom stereocenters. The molecule has 0 aliphatic rings. The van der Waals surface area contributed by atoms with Crippen LogP contribution >= 0.6 is 7.14 Å². The number of carbonyl (C=O) groups excluding carboxylic acids is 1. The third-order valence-corrected chi connectivity index (χ3v) is 7.55. The molecule has 0 saturated heterocycles. The highest BCUT2D eigenvalue weighted by molar-refractivity contribution is 7.93. The van der Waals surface area contributed by atoms with Crippen LogP contribution in [0.25, 0.3) is 0 Å². The van der Waals surface area contributed by atoms with Crippen molar-refractivity contribution in [1.82, 2.24) is 0 Å². The van der Waals surface area contributed by atoms with Gasteiger partial charge in [-0.1, -0.05) is 60.7 Å². The van der Waals surface area contributed by atoms with E-state index in [-0.39, 0.29) is 0 Å². The van der Waals surface area contributed by atoms with Crippen LogP contribution in [0.1, 0.15) is 10.4 Å². The predicted octanol–water partition coefficient (Wildman–Crippen LogP) is 3.97. The first-order valence-corrected chi connectivity index (χ1v) is 10.7. The maximum Gasteiger partial charge on any atom is 0.234 e. The number of carbonyl (C=O) groups is 1. The summed E-state index contributed by atoms with van der Waals surface area (Å²) in [7, 11) is 1.74. The lowest BCUT2D eigenvalue weighted by atomic mass is 10.1. The second kappa shape index (κ2) is 8.32. The van der Waals surface area contributed by atoms with Crippen molar-refractivity contribution >= 4 is 40.3 Å². The molecule has 28 heavy (non-hydrogen) atoms. The van der Waals surface area contributed by atoms with E-state index in [1.165, 1.54) is 0 Å². The molecule has 3 aromatic carbocycles. The van der Waals surface area contributed by atoms with Gasteiger partial charge in [-0.25, -0.2) is 0 Å². The molecule has 0 aliphatic heterocycles. The zero-order valence-corrected chi connectivity index (χ0v) is 17.1. The fraction of sp³-hybridized carbons (Fsp3) is 0.136. The van der Waals surface area contributed by atoms with Crippen LogP contribution in [0, 0.1) is 0 Å². The minimum atomic E-state index is -3.58. The Labute approximate surface area is 165 Å². The van der Waals surface area contributed by atoms with Crippen LogP contribution in [-0.2, 0) is 4.57 Å². The summed E-state index contributed by atoms with van der Waals surface area (Å²) < 4.78 is 14.4. The molecule has 0 fully saturated rings. The highest BCUT2D eigenvalue weighted by Crippen LogP contribution is 2.49. The Hall–Kier alpha value is -3.04. The number of anilines is 3. The molecule has 144 valence electrons. The van der Waals surface area contributed by atoms with E-state index in [1.807, 2.05) is 31.3 Å². The van der Waals surface area contributed by atoms with Crippen molar-refractivity contribution in [1.29, 1.82) is 0 Å². The minimum absolute atomic E-state index is 0.389. The second-order valence-electron chi connectivity index (χ2n) is 6.28. The van der Waals surface area contributed by atoms with E-state index in [0.29, 0.717) is 27.5 Å². The molecule has 0 radical (unpaired) electrons. The van der Waals surface area contributed by atoms with Crippen molar-refractivity contribution in [3.63, 3.8) is 0 Å². The fourth-order valence-electron chi connectivity index (χ4n) is 3.23. The summed E-state index contributed by atoms with van der Waals surface area (Å²) in [6.45, 7) is 0. The summed E-state index contributed by atoms with van der Waals surface area (Å²) in [4.78, 5) is 13.9. The highest BCUT2D eigenvalue weighted by Gasteiger charge is 2.38. The van der Waals surface area contributed by atoms with Gasteiger partial charge in [-0.15, -0.1) is 0 Å². The van der Waals surface area contributed by atoms with E-state index in [0.717, 1.165) is 5.69 Å². The Morgan fingerprint density at radius 2 is 1.14 bits per heavy atom. The number of nitrogens with one attached hydrogen (secondary N) is 3. The van der Waals surface area contributed by atoms with Crippen molar-refractivity contribution in [2.45, 2.75) is 0 Å². The molecule has 3 aromatic rings. The van der Waals surface area contributed by atoms with Crippen LogP contribution in [0.3, 0.4) is 0 Å². The molecule has 3 rings (SSSR count). The van der Waals surface area contributed by atoms with Gasteiger partial charge < -0.3 is 20.5 Å². The van der Waals surface area contributed by atoms with Crippen LogP contribution in [0.15, 0.2) is 72.8 Å². The highest BCUT2D eigenvalue weighted by atomic mass is 31.2. The smallest absolute Gasteiger partial charge is 0.234 e. The first kappa shape index (κ1) is 19.7. The molecule has 0 aliphatic carbocycles. The number of rotatable bonds is 7. The predicted molar refractivity (Wildman–Crippen MR) is 119 cm³/mol. The quantitative estimate of drug-likeness (QED) is 0.530. The van der Waals surface area contributed by atoms with Crippen molar-refractivity contribution < 1.29 is 9.36 Å². The molecule has 0 amide bonds. The topological polar surface area (TPSA) is 70.2 Å². The Bertz CT molecular complexity index is 952. The van der Waals surface area contributed by atoms with Gasteiger partial charge in [0.1, 0.15) is 0 Å². The summed E-state index contributed by atoms with van der Waals surface area (Å²) in [6, 6.07) is 21.6. The van der Waals surface area contributed by atoms with E-state index < -0.39 is 12.7 Å². The van der Waals surface area contributed by atoms with E-state index in [9.17, 15) is 9.36 Å². The maximum absolute atomic E-state index is 14.4. The first-order chi connectivity index (χ1) is 13.6. The normalized spacial score (nSPS) is 11.0. The largest absolute Gasteiger partial charge is 0.388 e. The molecule has 0 aromatic heterocycles. The standard InChI is InChI=1S/C22H24N3O2P/c1-23-16-14-19(24-2)21(20(15-16)25-3)22(26)28(27,17-10-6-4-7-11-17)18-12-8-5-9-13-18/h4-15,23-25H,1-3H3. The van der Waals surface area contributed by atoms with E-state index >= 15 is 0 Å². The summed E-state index contributed by atoms with van der Waals surface area (Å²) in [5.74, 6) is 0. The zero-order valence-electron chi connectivity index (χ0n) is 16.2. The molecule has 0 bridgehead atoms. The molecule has 0 spiro atoms. The lowest BCUT2D eigenvalue weighted by Crippen LogP contribution is -2.24. The van der Waals surface area contributed by atoms with Gasteiger partial charge in [0.05, 0.1) is 5.56 Å². The van der Waals surface area contributed by atoms with Crippen molar-refractivity contribution in [2.24, 2.45) is 0 Å². The molecule has 6 heteroatoms. The van der Waals surface area contributed by atoms with Crippen molar-refractivity contribution in [3.8, 4) is 0 Å². The molecular formula is C22H24N3O2P. The van der Waals surface area contributed by atoms with Crippen LogP contribution in [0.4, 0.5) is 17.1 Å². The van der Waals surface area contributed by atoms with Crippen LogP contribution in [0.2, 0.25) is 0 Å². The van der Waals surface area contributed by atoms with Crippen molar-refractivity contribution in [3.05, 3.63) is 78.4 Å². The van der Waals surface area contributed by atoms with Gasteiger partial charge in [-0.05, 0) is 12.1 Å². The molecule has 5 nitrogen and oxygen atoms in total. The van der Waals surface area contributed by atoms with Gasteiger partial charge in [0, 0.05) is 48.8 Å². The average Bonchev–Trinajstić information content (AvgIpc) is 2.78. The summed E-state index contributed by atoms with van der Waals surface area (Å²) in [5.41, 5.74) is 2.07. The molecule has 0 heterocycles. The third-order valence-electron chi connectivity index (χ3n) is 4.71. The number of benzene rings is 3. The SMILES string of the molecule is CNc1cc(NC)c(C(=O)P(=O)(c2ccccc2)c2ccccc2)c(NC)c1. The molecule has 0 unspecified atom stereocenters. The summed E-state index contributed by atoms with van der Waals surface area (Å²) >= 11 is 0. The van der Waals surface area contributed by atoms with Gasteiger partial charge in [0.25, 0.3) is 0 Å². The Morgan fingerprint density at radius 1 is 0.714 bits per heavy atom. The van der Waals surface area contributed by atoms with Gasteiger partial charge in [-0.2, -0.15) is 0 Å². The average molecular weight is 393 g/mol. The summed E-state index contributed by atoms with van der Waals surface area (Å²) in [6.07, 6.45) is 0. The zero-order chi connectivity index (χ0) is 20.1. The second-order valence-corrected chi connectivity index (χ2v) is 8.94. The van der Waals surface area contributed by atoms with Crippen LogP contribution in [0.5, 0.6) is 0 Å². The molecule has 3 N–H and O–H groups in total.